The number of hydrogen-bond acceptors (Lipinski definition) is 3. The van der Waals surface area contributed by atoms with Gasteiger partial charge in [0.1, 0.15) is 5.69 Å². The van der Waals surface area contributed by atoms with Crippen molar-refractivity contribution in [3.05, 3.63) is 10.4 Å². The molecular weight excluding hydrogens is 184 g/mol. The van der Waals surface area contributed by atoms with Crippen molar-refractivity contribution in [1.29, 1.82) is 0 Å². The van der Waals surface area contributed by atoms with Crippen molar-refractivity contribution in [1.82, 2.24) is 5.16 Å². The lowest BCUT2D eigenvalue weighted by molar-refractivity contribution is 0.384. The maximum absolute atomic E-state index is 5.51. The molecule has 0 bridgehead atoms. The van der Waals surface area contributed by atoms with E-state index in [1.807, 2.05) is 6.92 Å². The van der Waals surface area contributed by atoms with Gasteiger partial charge in [-0.3, -0.25) is 0 Å². The fourth-order valence-corrected chi connectivity index (χ4v) is 0.857. The third-order valence-electron chi connectivity index (χ3n) is 1.08. The SMILES string of the molecule is CCc1onc(Br)c1N. The monoisotopic (exact) mass is 190 g/mol. The molecule has 4 heteroatoms. The molecule has 0 atom stereocenters. The molecule has 0 amide bonds. The topological polar surface area (TPSA) is 52.0 Å². The van der Waals surface area contributed by atoms with Crippen molar-refractivity contribution in [3.63, 3.8) is 0 Å². The van der Waals surface area contributed by atoms with Gasteiger partial charge in [0.05, 0.1) is 0 Å². The van der Waals surface area contributed by atoms with E-state index in [0.717, 1.165) is 12.2 Å². The van der Waals surface area contributed by atoms with Crippen LogP contribution in [0.3, 0.4) is 0 Å². The molecule has 0 aliphatic heterocycles. The summed E-state index contributed by atoms with van der Waals surface area (Å²) in [4.78, 5) is 0. The van der Waals surface area contributed by atoms with Crippen molar-refractivity contribution in [2.45, 2.75) is 13.3 Å². The second kappa shape index (κ2) is 2.39. The molecule has 0 saturated carbocycles. The zero-order valence-electron chi connectivity index (χ0n) is 5.02. The molecule has 0 aromatic carbocycles. The smallest absolute Gasteiger partial charge is 0.172 e. The van der Waals surface area contributed by atoms with E-state index in [1.54, 1.807) is 0 Å². The maximum atomic E-state index is 5.51. The average molecular weight is 191 g/mol. The van der Waals surface area contributed by atoms with Crippen molar-refractivity contribution in [2.75, 3.05) is 5.73 Å². The van der Waals surface area contributed by atoms with Gasteiger partial charge in [0.2, 0.25) is 0 Å². The molecule has 0 fully saturated rings. The molecule has 0 saturated heterocycles. The molecule has 1 heterocycles. The van der Waals surface area contributed by atoms with Gasteiger partial charge in [0, 0.05) is 6.42 Å². The fraction of sp³-hybridized carbons (Fsp3) is 0.400. The predicted molar refractivity (Wildman–Crippen MR) is 38.0 cm³/mol. The predicted octanol–water partition coefficient (Wildman–Crippen LogP) is 1.58. The normalized spacial score (nSPS) is 10.0. The lowest BCUT2D eigenvalue weighted by Crippen LogP contribution is -1.87. The molecule has 1 aromatic heterocycles. The van der Waals surface area contributed by atoms with Gasteiger partial charge in [-0.15, -0.1) is 0 Å². The third kappa shape index (κ3) is 1.08. The van der Waals surface area contributed by atoms with Crippen LogP contribution < -0.4 is 5.73 Å². The van der Waals surface area contributed by atoms with Gasteiger partial charge in [-0.1, -0.05) is 12.1 Å². The molecule has 3 nitrogen and oxygen atoms in total. The molecule has 0 radical (unpaired) electrons. The van der Waals surface area contributed by atoms with Gasteiger partial charge in [-0.2, -0.15) is 0 Å². The highest BCUT2D eigenvalue weighted by Gasteiger charge is 2.06. The standard InChI is InChI=1S/C5H7BrN2O/c1-2-3-4(7)5(6)8-9-3/h2,7H2,1H3. The molecule has 1 aromatic rings. The van der Waals surface area contributed by atoms with Crippen molar-refractivity contribution in [2.24, 2.45) is 0 Å². The van der Waals surface area contributed by atoms with E-state index in [4.69, 9.17) is 10.3 Å². The van der Waals surface area contributed by atoms with Gasteiger partial charge in [0.15, 0.2) is 10.4 Å². The Morgan fingerprint density at radius 3 is 2.67 bits per heavy atom. The Balaban J connectivity index is 3.04. The Morgan fingerprint density at radius 2 is 2.44 bits per heavy atom. The summed E-state index contributed by atoms with van der Waals surface area (Å²) in [5, 5.41) is 3.60. The van der Waals surface area contributed by atoms with Crippen molar-refractivity contribution < 1.29 is 4.52 Å². The van der Waals surface area contributed by atoms with E-state index >= 15 is 0 Å². The van der Waals surface area contributed by atoms with Crippen LogP contribution in [-0.4, -0.2) is 5.16 Å². The number of anilines is 1. The molecule has 0 aliphatic carbocycles. The summed E-state index contributed by atoms with van der Waals surface area (Å²) < 4.78 is 5.42. The minimum Gasteiger partial charge on any atom is -0.394 e. The van der Waals surface area contributed by atoms with E-state index in [-0.39, 0.29) is 0 Å². The summed E-state index contributed by atoms with van der Waals surface area (Å²) >= 11 is 3.13. The number of nitrogens with zero attached hydrogens (tertiary/aromatic N) is 1. The number of aromatic nitrogens is 1. The molecular formula is C5H7BrN2O. The summed E-state index contributed by atoms with van der Waals surface area (Å²) in [5.41, 5.74) is 6.12. The van der Waals surface area contributed by atoms with Crippen molar-refractivity contribution >= 4 is 21.6 Å². The highest BCUT2D eigenvalue weighted by atomic mass is 79.9. The largest absolute Gasteiger partial charge is 0.394 e. The van der Waals surface area contributed by atoms with E-state index in [0.29, 0.717) is 10.3 Å². The molecule has 50 valence electrons. The number of nitrogens with two attached hydrogens (primary N) is 1. The first-order valence-corrected chi connectivity index (χ1v) is 3.44. The van der Waals surface area contributed by atoms with Crippen LogP contribution in [0.5, 0.6) is 0 Å². The zero-order valence-corrected chi connectivity index (χ0v) is 6.60. The fourth-order valence-electron chi connectivity index (χ4n) is 0.564. The lowest BCUT2D eigenvalue weighted by atomic mass is 10.3. The second-order valence-corrected chi connectivity index (χ2v) is 2.41. The first-order chi connectivity index (χ1) is 4.25. The number of nitrogen functional groups attached to an aromatic ring is 1. The van der Waals surface area contributed by atoms with Crippen LogP contribution in [0, 0.1) is 0 Å². The van der Waals surface area contributed by atoms with Gasteiger partial charge in [-0.05, 0) is 15.9 Å². The second-order valence-electron chi connectivity index (χ2n) is 1.66. The first kappa shape index (κ1) is 6.61. The molecule has 0 unspecified atom stereocenters. The van der Waals surface area contributed by atoms with Crippen molar-refractivity contribution in [3.8, 4) is 0 Å². The van der Waals surface area contributed by atoms with Crippen LogP contribution in [0.2, 0.25) is 0 Å². The van der Waals surface area contributed by atoms with E-state index < -0.39 is 0 Å². The van der Waals surface area contributed by atoms with Crippen LogP contribution in [-0.2, 0) is 6.42 Å². The van der Waals surface area contributed by atoms with Crippen LogP contribution in [0.15, 0.2) is 9.13 Å². The minimum absolute atomic E-state index is 0.597. The van der Waals surface area contributed by atoms with Crippen LogP contribution in [0.4, 0.5) is 5.69 Å². The maximum Gasteiger partial charge on any atom is 0.172 e. The summed E-state index contributed by atoms with van der Waals surface area (Å²) in [7, 11) is 0. The summed E-state index contributed by atoms with van der Waals surface area (Å²) in [5.74, 6) is 0.738. The van der Waals surface area contributed by atoms with Gasteiger partial charge >= 0.3 is 0 Å². The number of halogens is 1. The lowest BCUT2D eigenvalue weighted by Gasteiger charge is -1.85. The minimum atomic E-state index is 0.597. The quantitative estimate of drug-likeness (QED) is 0.732. The Morgan fingerprint density at radius 1 is 1.78 bits per heavy atom. The Bertz CT molecular complexity index is 209. The molecule has 9 heavy (non-hydrogen) atoms. The van der Waals surface area contributed by atoms with E-state index in [9.17, 15) is 0 Å². The summed E-state index contributed by atoms with van der Waals surface area (Å²) in [6.45, 7) is 1.96. The average Bonchev–Trinajstić information content (AvgIpc) is 2.15. The van der Waals surface area contributed by atoms with E-state index in [1.165, 1.54) is 0 Å². The Hall–Kier alpha value is -0.510. The van der Waals surface area contributed by atoms with Gasteiger partial charge in [0.25, 0.3) is 0 Å². The van der Waals surface area contributed by atoms with E-state index in [2.05, 4.69) is 21.1 Å². The zero-order chi connectivity index (χ0) is 6.85. The number of aryl methyl sites for hydroxylation is 1. The molecule has 2 N–H and O–H groups in total. The Kier molecular flexibility index (Phi) is 1.75. The number of rotatable bonds is 1. The first-order valence-electron chi connectivity index (χ1n) is 2.65. The third-order valence-corrected chi connectivity index (χ3v) is 1.65. The van der Waals surface area contributed by atoms with Crippen LogP contribution in [0.1, 0.15) is 12.7 Å². The summed E-state index contributed by atoms with van der Waals surface area (Å²) in [6, 6.07) is 0. The highest BCUT2D eigenvalue weighted by Crippen LogP contribution is 2.21. The van der Waals surface area contributed by atoms with Crippen LogP contribution in [0.25, 0.3) is 0 Å². The number of hydrogen-bond donors (Lipinski definition) is 1. The Labute approximate surface area is 61.3 Å². The van der Waals surface area contributed by atoms with Gasteiger partial charge in [-0.25, -0.2) is 0 Å². The highest BCUT2D eigenvalue weighted by molar-refractivity contribution is 9.10. The summed E-state index contributed by atoms with van der Waals surface area (Å²) in [6.07, 6.45) is 0.782. The van der Waals surface area contributed by atoms with Gasteiger partial charge < -0.3 is 10.3 Å². The molecule has 0 aliphatic rings. The molecule has 0 spiro atoms. The molecule has 1 rings (SSSR count). The van der Waals surface area contributed by atoms with Crippen LogP contribution >= 0.6 is 15.9 Å².